The number of fused-ring (bicyclic) bond motifs is 6. The number of aromatic nitrogens is 2. The Kier molecular flexibility index (Phi) is 5.22. The lowest BCUT2D eigenvalue weighted by Gasteiger charge is -2.16. The lowest BCUT2D eigenvalue weighted by molar-refractivity contribution is 1.17. The van der Waals surface area contributed by atoms with E-state index in [0.29, 0.717) is 11.3 Å². The number of hydrogen-bond donors (Lipinski definition) is 0. The van der Waals surface area contributed by atoms with Crippen LogP contribution in [0.2, 0.25) is 0 Å². The Hall–Kier alpha value is -6.10. The van der Waals surface area contributed by atoms with Gasteiger partial charge in [0.2, 0.25) is 0 Å². The van der Waals surface area contributed by atoms with Crippen LogP contribution in [-0.2, 0) is 0 Å². The lowest BCUT2D eigenvalue weighted by atomic mass is 9.97. The summed E-state index contributed by atoms with van der Waals surface area (Å²) >= 11 is 0. The van der Waals surface area contributed by atoms with Gasteiger partial charge in [-0.2, -0.15) is 5.26 Å². The van der Waals surface area contributed by atoms with Crippen LogP contribution in [0.25, 0.3) is 71.0 Å². The van der Waals surface area contributed by atoms with Gasteiger partial charge < -0.3 is 9.13 Å². The predicted molar refractivity (Wildman–Crippen MR) is 172 cm³/mol. The van der Waals surface area contributed by atoms with Crippen molar-refractivity contribution in [3.63, 3.8) is 0 Å². The normalized spacial score (nSPS) is 11.3. The van der Waals surface area contributed by atoms with Gasteiger partial charge in [0.25, 0.3) is 0 Å². The summed E-state index contributed by atoms with van der Waals surface area (Å²) in [6.45, 7) is 7.53. The van der Waals surface area contributed by atoms with E-state index in [1.807, 2.05) is 48.5 Å². The Balaban J connectivity index is 1.37. The summed E-state index contributed by atoms with van der Waals surface area (Å²) in [5.74, 6) is 0. The third-order valence-electron chi connectivity index (χ3n) is 8.18. The molecule has 0 saturated carbocycles. The van der Waals surface area contributed by atoms with E-state index < -0.39 is 0 Å². The monoisotopic (exact) mass is 534 g/mol. The Morgan fingerprint density at radius 3 is 1.76 bits per heavy atom. The lowest BCUT2D eigenvalue weighted by Crippen LogP contribution is -1.99. The molecule has 0 N–H and O–H groups in total. The highest BCUT2D eigenvalue weighted by Gasteiger charge is 2.18. The van der Waals surface area contributed by atoms with Crippen molar-refractivity contribution < 1.29 is 0 Å². The summed E-state index contributed by atoms with van der Waals surface area (Å²) in [4.78, 5) is 3.67. The second-order valence-corrected chi connectivity index (χ2v) is 10.4. The zero-order valence-corrected chi connectivity index (χ0v) is 22.5. The van der Waals surface area contributed by atoms with Gasteiger partial charge in [0, 0.05) is 33.0 Å². The number of nitriles is 1. The van der Waals surface area contributed by atoms with Gasteiger partial charge >= 0.3 is 0 Å². The molecule has 2 aromatic heterocycles. The van der Waals surface area contributed by atoms with E-state index >= 15 is 0 Å². The van der Waals surface area contributed by atoms with Crippen molar-refractivity contribution in [2.24, 2.45) is 0 Å². The van der Waals surface area contributed by atoms with Gasteiger partial charge in [-0.25, -0.2) is 4.85 Å². The highest BCUT2D eigenvalue weighted by atomic mass is 15.0. The molecule has 2 heterocycles. The molecular formula is C38H22N4. The summed E-state index contributed by atoms with van der Waals surface area (Å²) in [7, 11) is 0. The summed E-state index contributed by atoms with van der Waals surface area (Å²) in [6, 6.07) is 47.9. The van der Waals surface area contributed by atoms with E-state index in [0.717, 1.165) is 55.3 Å². The van der Waals surface area contributed by atoms with Gasteiger partial charge in [-0.05, 0) is 53.9 Å². The van der Waals surface area contributed by atoms with Crippen molar-refractivity contribution in [3.05, 3.63) is 150 Å². The van der Waals surface area contributed by atoms with Crippen LogP contribution >= 0.6 is 0 Å². The smallest absolute Gasteiger partial charge is 0.188 e. The largest absolute Gasteiger partial charge is 0.309 e. The number of rotatable bonds is 3. The molecule has 0 atom stereocenters. The molecule has 0 bridgehead atoms. The van der Waals surface area contributed by atoms with Gasteiger partial charge in [-0.15, -0.1) is 0 Å². The maximum absolute atomic E-state index is 10.5. The Morgan fingerprint density at radius 2 is 1.10 bits per heavy atom. The van der Waals surface area contributed by atoms with Crippen LogP contribution in [0.15, 0.2) is 133 Å². The molecule has 194 valence electrons. The first-order valence-corrected chi connectivity index (χ1v) is 13.8. The first kappa shape index (κ1) is 23.8. The van der Waals surface area contributed by atoms with Crippen LogP contribution in [-0.4, -0.2) is 9.13 Å². The molecule has 0 spiro atoms. The van der Waals surface area contributed by atoms with E-state index in [4.69, 9.17) is 6.57 Å². The van der Waals surface area contributed by atoms with Crippen molar-refractivity contribution in [1.29, 1.82) is 5.26 Å². The first-order valence-electron chi connectivity index (χ1n) is 13.8. The minimum Gasteiger partial charge on any atom is -0.309 e. The Morgan fingerprint density at radius 1 is 0.524 bits per heavy atom. The predicted octanol–water partition coefficient (Wildman–Crippen LogP) is 9.97. The molecule has 6 aromatic carbocycles. The van der Waals surface area contributed by atoms with Crippen molar-refractivity contribution in [1.82, 2.24) is 9.13 Å². The Bertz CT molecular complexity index is 2390. The van der Waals surface area contributed by atoms with E-state index in [1.54, 1.807) is 0 Å². The zero-order chi connectivity index (χ0) is 28.2. The highest BCUT2D eigenvalue weighted by molar-refractivity contribution is 6.11. The second-order valence-electron chi connectivity index (χ2n) is 10.4. The van der Waals surface area contributed by atoms with Crippen LogP contribution < -0.4 is 0 Å². The van der Waals surface area contributed by atoms with Gasteiger partial charge in [0.1, 0.15) is 0 Å². The molecule has 8 rings (SSSR count). The van der Waals surface area contributed by atoms with Crippen molar-refractivity contribution >= 4 is 49.3 Å². The molecule has 4 heteroatoms. The summed E-state index contributed by atoms with van der Waals surface area (Å²) in [6.07, 6.45) is 0. The van der Waals surface area contributed by atoms with Crippen LogP contribution in [0.1, 0.15) is 5.56 Å². The summed E-state index contributed by atoms with van der Waals surface area (Å²) < 4.78 is 4.48. The molecule has 8 aromatic rings. The molecule has 0 aliphatic rings. The molecular weight excluding hydrogens is 512 g/mol. The van der Waals surface area contributed by atoms with Gasteiger partial charge in [-0.3, -0.25) is 0 Å². The fourth-order valence-electron chi connectivity index (χ4n) is 6.39. The molecule has 42 heavy (non-hydrogen) atoms. The van der Waals surface area contributed by atoms with Gasteiger partial charge in [0.15, 0.2) is 5.69 Å². The topological polar surface area (TPSA) is 38.0 Å². The minimum absolute atomic E-state index is 0.609. The number of benzene rings is 6. The van der Waals surface area contributed by atoms with Crippen LogP contribution in [0.4, 0.5) is 5.69 Å². The van der Waals surface area contributed by atoms with E-state index in [2.05, 4.69) is 105 Å². The quantitative estimate of drug-likeness (QED) is 0.208. The van der Waals surface area contributed by atoms with E-state index in [1.165, 1.54) is 10.8 Å². The zero-order valence-electron chi connectivity index (χ0n) is 22.5. The second kappa shape index (κ2) is 9.24. The minimum atomic E-state index is 0.609. The Labute approximate surface area is 242 Å². The molecule has 0 saturated heterocycles. The maximum atomic E-state index is 10.5. The summed E-state index contributed by atoms with van der Waals surface area (Å²) in [5.41, 5.74) is 9.32. The number of para-hydroxylation sites is 4. The van der Waals surface area contributed by atoms with Gasteiger partial charge in [-0.1, -0.05) is 84.9 Å². The molecule has 0 fully saturated rings. The van der Waals surface area contributed by atoms with Crippen molar-refractivity contribution in [2.75, 3.05) is 0 Å². The van der Waals surface area contributed by atoms with Gasteiger partial charge in [0.05, 0.1) is 46.0 Å². The van der Waals surface area contributed by atoms with E-state index in [9.17, 15) is 5.26 Å². The van der Waals surface area contributed by atoms with Crippen LogP contribution in [0, 0.1) is 17.9 Å². The third kappa shape index (κ3) is 3.40. The van der Waals surface area contributed by atoms with E-state index in [-0.39, 0.29) is 0 Å². The molecule has 0 amide bonds. The standard InChI is InChI=1S/C38H22N4/c1-40-26-18-21-38-33(23-26)32-13-5-9-17-37(32)42(38)36-16-8-2-10-29(36)28-20-19-27(22-25(28)24-39)41-34-14-6-3-11-30(34)31-12-4-7-15-35(31)41/h2-23H. The number of hydrogen-bond acceptors (Lipinski definition) is 1. The SMILES string of the molecule is [C-]#[N+]c1ccc2c(c1)c1ccccc1n2-c1ccccc1-c1ccc(-n2c3ccccc3c3ccccc32)cc1C#N. The molecule has 0 aliphatic heterocycles. The van der Waals surface area contributed by atoms with Crippen LogP contribution in [0.3, 0.4) is 0 Å². The molecule has 0 radical (unpaired) electrons. The molecule has 0 aliphatic carbocycles. The average molecular weight is 535 g/mol. The molecule has 4 nitrogen and oxygen atoms in total. The maximum Gasteiger partial charge on any atom is 0.188 e. The molecule has 0 unspecified atom stereocenters. The summed E-state index contributed by atoms with van der Waals surface area (Å²) in [5, 5.41) is 15.0. The highest BCUT2D eigenvalue weighted by Crippen LogP contribution is 2.39. The fraction of sp³-hybridized carbons (Fsp3) is 0. The fourth-order valence-corrected chi connectivity index (χ4v) is 6.39. The van der Waals surface area contributed by atoms with Crippen LogP contribution in [0.5, 0.6) is 0 Å². The number of nitrogens with zero attached hydrogens (tertiary/aromatic N) is 4. The average Bonchev–Trinajstić information content (AvgIpc) is 3.57. The van der Waals surface area contributed by atoms with Crippen molar-refractivity contribution in [2.45, 2.75) is 0 Å². The third-order valence-corrected chi connectivity index (χ3v) is 8.18. The van der Waals surface area contributed by atoms with Crippen molar-refractivity contribution in [3.8, 4) is 28.6 Å². The first-order chi connectivity index (χ1) is 20.8.